The summed E-state index contributed by atoms with van der Waals surface area (Å²) >= 11 is 3.37. The number of methoxy groups -OCH3 is 1. The lowest BCUT2D eigenvalue weighted by Gasteiger charge is -2.18. The molecule has 1 atom stereocenters. The minimum absolute atomic E-state index is 0.326. The first-order chi connectivity index (χ1) is 8.53. The van der Waals surface area contributed by atoms with Crippen LogP contribution in [0.15, 0.2) is 33.3 Å². The fraction of sp³-hybridized carbons (Fsp3) is 0.333. The van der Waals surface area contributed by atoms with E-state index < -0.39 is 5.54 Å². The molecule has 0 saturated carbocycles. The maximum Gasteiger partial charge on any atom is 0.257 e. The Kier molecular flexibility index (Phi) is 3.79. The monoisotopic (exact) mass is 311 g/mol. The van der Waals surface area contributed by atoms with E-state index in [0.29, 0.717) is 18.3 Å². The van der Waals surface area contributed by atoms with Crippen LogP contribution in [0.4, 0.5) is 0 Å². The molecule has 1 heterocycles. The Balaban J connectivity index is 2.28. The maximum absolute atomic E-state index is 6.05. The van der Waals surface area contributed by atoms with Crippen LogP contribution in [-0.4, -0.2) is 23.9 Å². The number of benzene rings is 1. The van der Waals surface area contributed by atoms with Gasteiger partial charge in [-0.3, -0.25) is 0 Å². The maximum atomic E-state index is 6.05. The molecule has 18 heavy (non-hydrogen) atoms. The van der Waals surface area contributed by atoms with Gasteiger partial charge in [-0.05, 0) is 31.2 Å². The molecule has 5 nitrogen and oxygen atoms in total. The lowest BCUT2D eigenvalue weighted by molar-refractivity contribution is 0.135. The molecule has 0 fully saturated rings. The number of nitrogens with two attached hydrogens (primary N) is 1. The van der Waals surface area contributed by atoms with Gasteiger partial charge in [0.2, 0.25) is 0 Å². The van der Waals surface area contributed by atoms with E-state index in [1.54, 1.807) is 14.0 Å². The van der Waals surface area contributed by atoms with Gasteiger partial charge in [0.05, 0.1) is 6.61 Å². The van der Waals surface area contributed by atoms with Gasteiger partial charge in [0.1, 0.15) is 5.54 Å². The Hall–Kier alpha value is -1.24. The molecule has 1 aromatic heterocycles. The summed E-state index contributed by atoms with van der Waals surface area (Å²) in [6.07, 6.45) is 0. The van der Waals surface area contributed by atoms with Crippen LogP contribution < -0.4 is 5.73 Å². The van der Waals surface area contributed by atoms with E-state index in [4.69, 9.17) is 15.0 Å². The van der Waals surface area contributed by atoms with Crippen LogP contribution in [-0.2, 0) is 10.3 Å². The highest BCUT2D eigenvalue weighted by atomic mass is 79.9. The Bertz CT molecular complexity index is 522. The van der Waals surface area contributed by atoms with Gasteiger partial charge >= 0.3 is 0 Å². The molecule has 0 radical (unpaired) electrons. The van der Waals surface area contributed by atoms with Gasteiger partial charge in [0.15, 0.2) is 5.82 Å². The second kappa shape index (κ2) is 5.17. The van der Waals surface area contributed by atoms with Crippen LogP contribution in [0.5, 0.6) is 0 Å². The van der Waals surface area contributed by atoms with Crippen molar-refractivity contribution < 1.29 is 9.26 Å². The fourth-order valence-electron chi connectivity index (χ4n) is 1.53. The highest BCUT2D eigenvalue weighted by molar-refractivity contribution is 9.10. The molecule has 0 amide bonds. The van der Waals surface area contributed by atoms with Crippen LogP contribution in [0, 0.1) is 0 Å². The molecular formula is C12H14BrN3O2. The number of halogens is 1. The van der Waals surface area contributed by atoms with Gasteiger partial charge in [0.25, 0.3) is 5.89 Å². The van der Waals surface area contributed by atoms with Crippen molar-refractivity contribution in [3.05, 3.63) is 34.6 Å². The Morgan fingerprint density at radius 2 is 2.06 bits per heavy atom. The topological polar surface area (TPSA) is 74.2 Å². The van der Waals surface area contributed by atoms with Gasteiger partial charge in [-0.15, -0.1) is 0 Å². The summed E-state index contributed by atoms with van der Waals surface area (Å²) in [7, 11) is 1.58. The molecule has 0 aliphatic heterocycles. The molecule has 0 aliphatic carbocycles. The van der Waals surface area contributed by atoms with Crippen molar-refractivity contribution in [2.45, 2.75) is 12.5 Å². The van der Waals surface area contributed by atoms with Gasteiger partial charge in [-0.1, -0.05) is 21.1 Å². The second-order valence-corrected chi connectivity index (χ2v) is 5.20. The lowest BCUT2D eigenvalue weighted by Crippen LogP contribution is -2.38. The average molecular weight is 312 g/mol. The van der Waals surface area contributed by atoms with Crippen molar-refractivity contribution in [1.82, 2.24) is 10.1 Å². The zero-order chi connectivity index (χ0) is 13.2. The van der Waals surface area contributed by atoms with E-state index in [1.807, 2.05) is 24.3 Å². The molecule has 2 N–H and O–H groups in total. The number of aromatic nitrogens is 2. The minimum atomic E-state index is -0.758. The molecule has 6 heteroatoms. The van der Waals surface area contributed by atoms with E-state index in [0.717, 1.165) is 10.0 Å². The normalized spacial score (nSPS) is 14.4. The Morgan fingerprint density at radius 1 is 1.39 bits per heavy atom. The number of hydrogen-bond acceptors (Lipinski definition) is 5. The smallest absolute Gasteiger partial charge is 0.257 e. The quantitative estimate of drug-likeness (QED) is 0.938. The molecule has 0 saturated heterocycles. The van der Waals surface area contributed by atoms with Gasteiger partial charge < -0.3 is 15.0 Å². The summed E-state index contributed by atoms with van der Waals surface area (Å²) in [5, 5.41) is 3.90. The predicted octanol–water partition coefficient (Wildman–Crippen LogP) is 2.32. The molecule has 1 unspecified atom stereocenters. The number of hydrogen-bond donors (Lipinski definition) is 1. The summed E-state index contributed by atoms with van der Waals surface area (Å²) in [5.41, 5.74) is 6.14. The minimum Gasteiger partial charge on any atom is -0.382 e. The fourth-order valence-corrected chi connectivity index (χ4v) is 1.79. The van der Waals surface area contributed by atoms with Crippen molar-refractivity contribution in [2.24, 2.45) is 5.73 Å². The standard InChI is InChI=1S/C12H14BrN3O2/c1-12(14,7-17-2)11-15-10(18-16-11)8-3-5-9(13)6-4-8/h3-6H,7,14H2,1-2H3. The zero-order valence-corrected chi connectivity index (χ0v) is 11.8. The predicted molar refractivity (Wildman–Crippen MR) is 70.8 cm³/mol. The Morgan fingerprint density at radius 3 is 2.67 bits per heavy atom. The van der Waals surface area contributed by atoms with Gasteiger partial charge in [0, 0.05) is 17.1 Å². The van der Waals surface area contributed by atoms with Crippen molar-refractivity contribution >= 4 is 15.9 Å². The molecule has 2 aromatic rings. The molecule has 0 bridgehead atoms. The van der Waals surface area contributed by atoms with Crippen molar-refractivity contribution in [3.63, 3.8) is 0 Å². The van der Waals surface area contributed by atoms with Crippen LogP contribution in [0.25, 0.3) is 11.5 Å². The van der Waals surface area contributed by atoms with Crippen LogP contribution in [0.3, 0.4) is 0 Å². The summed E-state index contributed by atoms with van der Waals surface area (Å²) in [6, 6.07) is 7.61. The molecular weight excluding hydrogens is 298 g/mol. The van der Waals surface area contributed by atoms with Gasteiger partial charge in [-0.25, -0.2) is 0 Å². The molecule has 0 aliphatic rings. The highest BCUT2D eigenvalue weighted by Crippen LogP contribution is 2.22. The first kappa shape index (κ1) is 13.2. The van der Waals surface area contributed by atoms with Crippen molar-refractivity contribution in [3.8, 4) is 11.5 Å². The van der Waals surface area contributed by atoms with E-state index >= 15 is 0 Å². The summed E-state index contributed by atoms with van der Waals surface area (Å²) in [4.78, 5) is 4.30. The Labute approximate surface area is 113 Å². The molecule has 0 spiro atoms. The third-order valence-electron chi connectivity index (χ3n) is 2.47. The van der Waals surface area contributed by atoms with E-state index in [1.165, 1.54) is 0 Å². The SMILES string of the molecule is COCC(C)(N)c1noc(-c2ccc(Br)cc2)n1. The molecule has 2 rings (SSSR count). The van der Waals surface area contributed by atoms with Crippen LogP contribution >= 0.6 is 15.9 Å². The summed E-state index contributed by atoms with van der Waals surface area (Å²) < 4.78 is 11.2. The molecule has 96 valence electrons. The van der Waals surface area contributed by atoms with Gasteiger partial charge in [-0.2, -0.15) is 4.98 Å². The lowest BCUT2D eigenvalue weighted by atomic mass is 10.1. The second-order valence-electron chi connectivity index (χ2n) is 4.28. The first-order valence-electron chi connectivity index (χ1n) is 5.41. The third kappa shape index (κ3) is 2.77. The van der Waals surface area contributed by atoms with Crippen molar-refractivity contribution in [2.75, 3.05) is 13.7 Å². The van der Waals surface area contributed by atoms with Crippen molar-refractivity contribution in [1.29, 1.82) is 0 Å². The number of ether oxygens (including phenoxy) is 1. The number of rotatable bonds is 4. The number of nitrogens with zero attached hydrogens (tertiary/aromatic N) is 2. The highest BCUT2D eigenvalue weighted by Gasteiger charge is 2.27. The summed E-state index contributed by atoms with van der Waals surface area (Å²) in [5.74, 6) is 0.882. The van der Waals surface area contributed by atoms with Crippen LogP contribution in [0.2, 0.25) is 0 Å². The zero-order valence-electron chi connectivity index (χ0n) is 10.2. The van der Waals surface area contributed by atoms with E-state index in [9.17, 15) is 0 Å². The van der Waals surface area contributed by atoms with Crippen LogP contribution in [0.1, 0.15) is 12.7 Å². The summed E-state index contributed by atoms with van der Waals surface area (Å²) in [6.45, 7) is 2.12. The molecule has 1 aromatic carbocycles. The third-order valence-corrected chi connectivity index (χ3v) is 3.00. The van der Waals surface area contributed by atoms with E-state index in [-0.39, 0.29) is 0 Å². The average Bonchev–Trinajstić information content (AvgIpc) is 2.80. The largest absolute Gasteiger partial charge is 0.382 e. The van der Waals surface area contributed by atoms with E-state index in [2.05, 4.69) is 26.1 Å². The first-order valence-corrected chi connectivity index (χ1v) is 6.20.